The van der Waals surface area contributed by atoms with Gasteiger partial charge in [0.25, 0.3) is 0 Å². The molecule has 1 saturated heterocycles. The lowest BCUT2D eigenvalue weighted by Crippen LogP contribution is -2.55. The molecule has 0 spiro atoms. The van der Waals surface area contributed by atoms with E-state index in [0.717, 1.165) is 22.2 Å². The van der Waals surface area contributed by atoms with Gasteiger partial charge in [-0.3, -0.25) is 0 Å². The zero-order valence-electron chi connectivity index (χ0n) is 26.1. The number of carbonyl (C=O) groups excluding carboxylic acids is 1. The van der Waals surface area contributed by atoms with Crippen molar-refractivity contribution in [2.24, 2.45) is 0 Å². The minimum atomic E-state index is -0.511. The van der Waals surface area contributed by atoms with E-state index in [1.807, 2.05) is 54.6 Å². The highest BCUT2D eigenvalue weighted by Crippen LogP contribution is 2.42. The van der Waals surface area contributed by atoms with Crippen LogP contribution in [0.15, 0.2) is 79.1 Å². The minimum absolute atomic E-state index is 0.00184. The van der Waals surface area contributed by atoms with Gasteiger partial charge in [-0.25, -0.2) is 19.2 Å². The molecule has 10 nitrogen and oxygen atoms in total. The van der Waals surface area contributed by atoms with E-state index in [-0.39, 0.29) is 23.5 Å². The summed E-state index contributed by atoms with van der Waals surface area (Å²) in [6, 6.07) is 21.6. The molecule has 1 aliphatic heterocycles. The molecule has 0 bridgehead atoms. The van der Waals surface area contributed by atoms with Crippen LogP contribution in [0.25, 0.3) is 22.0 Å². The second kappa shape index (κ2) is 14.1. The van der Waals surface area contributed by atoms with E-state index in [4.69, 9.17) is 30.6 Å². The molecule has 0 unspecified atom stereocenters. The van der Waals surface area contributed by atoms with Crippen molar-refractivity contribution in [1.29, 1.82) is 0 Å². The van der Waals surface area contributed by atoms with Crippen molar-refractivity contribution in [1.82, 2.24) is 15.0 Å². The van der Waals surface area contributed by atoms with Gasteiger partial charge in [0.05, 0.1) is 63.1 Å². The summed E-state index contributed by atoms with van der Waals surface area (Å²) in [5.74, 6) is 1.44. The molecule has 1 aromatic heterocycles. The first kappa shape index (κ1) is 31.8. The molecule has 4 aromatic carbocycles. The smallest absolute Gasteiger partial charge is 0.329 e. The van der Waals surface area contributed by atoms with Crippen molar-refractivity contribution in [3.05, 3.63) is 101 Å². The number of aromatic nitrogens is 2. The number of hydrogen-bond acceptors (Lipinski definition) is 10. The first-order valence-electron chi connectivity index (χ1n) is 14.9. The maximum absolute atomic E-state index is 14.0. The highest BCUT2D eigenvalue weighted by molar-refractivity contribution is 6.31. The zero-order valence-corrected chi connectivity index (χ0v) is 26.8. The summed E-state index contributed by atoms with van der Waals surface area (Å²) in [5.41, 5.74) is 4.58. The molecule has 2 heterocycles. The molecule has 47 heavy (non-hydrogen) atoms. The van der Waals surface area contributed by atoms with Gasteiger partial charge in [-0.2, -0.15) is 0 Å². The van der Waals surface area contributed by atoms with Crippen molar-refractivity contribution in [3.63, 3.8) is 0 Å². The van der Waals surface area contributed by atoms with Crippen LogP contribution in [-0.4, -0.2) is 61.5 Å². The van der Waals surface area contributed by atoms with Gasteiger partial charge in [-0.15, -0.1) is 5.06 Å². The molecule has 2 N–H and O–H groups in total. The van der Waals surface area contributed by atoms with Crippen LogP contribution in [0, 0.1) is 5.82 Å². The second-order valence-electron chi connectivity index (χ2n) is 10.9. The summed E-state index contributed by atoms with van der Waals surface area (Å²) >= 11 is 6.15. The molecule has 0 aliphatic carbocycles. The molecule has 242 valence electrons. The van der Waals surface area contributed by atoms with E-state index >= 15 is 0 Å². The van der Waals surface area contributed by atoms with E-state index in [1.165, 1.54) is 12.4 Å². The number of rotatable bonds is 12. The van der Waals surface area contributed by atoms with Crippen LogP contribution in [0.5, 0.6) is 17.2 Å². The monoisotopic (exact) mass is 657 g/mol. The molecular weight excluding hydrogens is 625 g/mol. The number of halogens is 2. The maximum Gasteiger partial charge on any atom is 0.329 e. The molecule has 0 saturated carbocycles. The van der Waals surface area contributed by atoms with E-state index in [2.05, 4.69) is 20.6 Å². The summed E-state index contributed by atoms with van der Waals surface area (Å²) in [7, 11) is 4.72. The number of carbonyl (C=O) groups is 1. The van der Waals surface area contributed by atoms with E-state index in [0.29, 0.717) is 59.3 Å². The van der Waals surface area contributed by atoms with Crippen molar-refractivity contribution in [2.45, 2.75) is 19.0 Å². The first-order valence-corrected chi connectivity index (χ1v) is 15.3. The van der Waals surface area contributed by atoms with Gasteiger partial charge < -0.3 is 29.7 Å². The summed E-state index contributed by atoms with van der Waals surface area (Å²) in [5, 5.41) is 9.35. The summed E-state index contributed by atoms with van der Waals surface area (Å²) in [4.78, 5) is 26.9. The highest BCUT2D eigenvalue weighted by atomic mass is 35.5. The molecule has 0 amide bonds. The zero-order chi connectivity index (χ0) is 32.9. The van der Waals surface area contributed by atoms with E-state index in [1.54, 1.807) is 38.5 Å². The lowest BCUT2D eigenvalue weighted by Gasteiger charge is -2.38. The largest absolute Gasteiger partial charge is 0.495 e. The summed E-state index contributed by atoms with van der Waals surface area (Å²) in [6.07, 6.45) is 1.70. The van der Waals surface area contributed by atoms with Crippen LogP contribution in [-0.2, 0) is 22.6 Å². The van der Waals surface area contributed by atoms with Crippen LogP contribution in [0.3, 0.4) is 0 Å². The van der Waals surface area contributed by atoms with Gasteiger partial charge in [0.1, 0.15) is 23.7 Å². The quantitative estimate of drug-likeness (QED) is 0.154. The van der Waals surface area contributed by atoms with Gasteiger partial charge in [0.15, 0.2) is 11.5 Å². The molecule has 1 aliphatic rings. The van der Waals surface area contributed by atoms with Crippen molar-refractivity contribution >= 4 is 40.0 Å². The van der Waals surface area contributed by atoms with Gasteiger partial charge >= 0.3 is 5.97 Å². The molecule has 1 fully saturated rings. The van der Waals surface area contributed by atoms with Crippen LogP contribution in [0.1, 0.15) is 11.1 Å². The van der Waals surface area contributed by atoms with Crippen LogP contribution < -0.4 is 24.8 Å². The number of methoxy groups -OCH3 is 3. The Labute approximate surface area is 276 Å². The average molecular weight is 658 g/mol. The third kappa shape index (κ3) is 7.01. The topological polar surface area (TPSA) is 107 Å². The number of nitrogens with one attached hydrogen (secondary N) is 2. The van der Waals surface area contributed by atoms with E-state index in [9.17, 15) is 9.18 Å². The molecule has 6 rings (SSSR count). The van der Waals surface area contributed by atoms with Crippen molar-refractivity contribution in [2.75, 3.05) is 45.1 Å². The molecular formula is C35H33ClFN5O5. The van der Waals surface area contributed by atoms with Gasteiger partial charge in [-0.1, -0.05) is 54.1 Å². The normalized spacial score (nSPS) is 13.1. The molecule has 5 aromatic rings. The van der Waals surface area contributed by atoms with Crippen molar-refractivity contribution < 1.29 is 28.2 Å². The van der Waals surface area contributed by atoms with Crippen LogP contribution >= 0.6 is 11.6 Å². The number of benzene rings is 4. The Kier molecular flexibility index (Phi) is 9.55. The number of ether oxygens (including phenoxy) is 3. The first-order chi connectivity index (χ1) is 22.9. The Hall–Kier alpha value is -5.13. The molecule has 12 heteroatoms. The van der Waals surface area contributed by atoms with Gasteiger partial charge in [0, 0.05) is 23.6 Å². The Morgan fingerprint density at radius 2 is 1.74 bits per heavy atom. The van der Waals surface area contributed by atoms with Gasteiger partial charge in [-0.05, 0) is 41.0 Å². The summed E-state index contributed by atoms with van der Waals surface area (Å²) in [6.45, 7) is 1.39. The number of hydrogen-bond donors (Lipinski definition) is 2. The average Bonchev–Trinajstić information content (AvgIpc) is 3.07. The third-order valence-electron chi connectivity index (χ3n) is 7.87. The molecule has 0 radical (unpaired) electrons. The van der Waals surface area contributed by atoms with Crippen molar-refractivity contribution in [3.8, 4) is 28.4 Å². The number of fused-ring (bicyclic) bond motifs is 1. The Morgan fingerprint density at radius 1 is 0.957 bits per heavy atom. The summed E-state index contributed by atoms with van der Waals surface area (Å²) < 4.78 is 31.0. The maximum atomic E-state index is 14.0. The predicted molar refractivity (Wildman–Crippen MR) is 179 cm³/mol. The van der Waals surface area contributed by atoms with Gasteiger partial charge in [0.2, 0.25) is 0 Å². The van der Waals surface area contributed by atoms with E-state index < -0.39 is 5.82 Å². The standard InChI is InChI=1S/C35H33ClFN5O5/c1-44-30-12-10-23(33(34(30)46-3)22-9-11-27(37)26(36)14-22)17-38-35-25-15-29(31(45-2)16-28(25)39-20-40-35)41-24-18-42(19-24)47-32(43)13-21-7-5-4-6-8-21/h4-12,14-16,20,24,41H,13,17-19H2,1-3H3,(H,38,39,40). The lowest BCUT2D eigenvalue weighted by atomic mass is 9.97. The fourth-order valence-corrected chi connectivity index (χ4v) is 5.71. The minimum Gasteiger partial charge on any atom is -0.495 e. The fourth-order valence-electron chi connectivity index (χ4n) is 5.53. The van der Waals surface area contributed by atoms with Crippen LogP contribution in [0.2, 0.25) is 5.02 Å². The highest BCUT2D eigenvalue weighted by Gasteiger charge is 2.31. The Morgan fingerprint density at radius 3 is 2.47 bits per heavy atom. The second-order valence-corrected chi connectivity index (χ2v) is 11.3. The lowest BCUT2D eigenvalue weighted by molar-refractivity contribution is -0.208. The number of hydroxylamine groups is 2. The number of anilines is 2. The SMILES string of the molecule is COc1cc2ncnc(NCc3ccc(OC)c(OC)c3-c3ccc(F)c(Cl)c3)c2cc1NC1CN(OC(=O)Cc2ccccc2)C1. The van der Waals surface area contributed by atoms with Crippen LogP contribution in [0.4, 0.5) is 15.9 Å². The number of nitrogens with zero attached hydrogens (tertiary/aromatic N) is 3. The Bertz CT molecular complexity index is 1910. The third-order valence-corrected chi connectivity index (χ3v) is 8.16. The fraction of sp³-hybridized carbons (Fsp3) is 0.229. The molecule has 0 atom stereocenters. The predicted octanol–water partition coefficient (Wildman–Crippen LogP) is 6.52. The Balaban J connectivity index is 1.20.